The summed E-state index contributed by atoms with van der Waals surface area (Å²) in [6.07, 6.45) is 2.95. The second-order valence-corrected chi connectivity index (χ2v) is 9.39. The minimum atomic E-state index is -0.267. The second kappa shape index (κ2) is 10.4. The Bertz CT molecular complexity index is 981. The maximum absolute atomic E-state index is 13.5. The predicted molar refractivity (Wildman–Crippen MR) is 125 cm³/mol. The molecule has 4 rings (SSSR count). The number of rotatable bonds is 8. The van der Waals surface area contributed by atoms with Gasteiger partial charge in [-0.3, -0.25) is 20.4 Å². The van der Waals surface area contributed by atoms with Crippen LogP contribution in [0, 0.1) is 18.7 Å². The molecule has 2 heterocycles. The van der Waals surface area contributed by atoms with Crippen LogP contribution in [0.15, 0.2) is 48.5 Å². The number of nitrogens with zero attached hydrogens (tertiary/aromatic N) is 2. The Kier molecular flexibility index (Phi) is 7.40. The Labute approximate surface area is 195 Å². The van der Waals surface area contributed by atoms with Crippen molar-refractivity contribution in [3.8, 4) is 0 Å². The first kappa shape index (κ1) is 23.4. The Balaban J connectivity index is 1.20. The van der Waals surface area contributed by atoms with Gasteiger partial charge in [-0.2, -0.15) is 0 Å². The standard InChI is InChI=1S/C26H33FN4O2/c1-18-8-10-19(11-9-18)16-31-17-21(14-25(31)32)26(33)30(2)12-4-7-23-15-24(29-28-23)20-5-3-6-22(27)13-20/h3,5-6,8-11,13,21,23-24,28-29H,4,7,12,14-17H2,1-2H3. The van der Waals surface area contributed by atoms with Crippen LogP contribution in [0.4, 0.5) is 4.39 Å². The Morgan fingerprint density at radius 3 is 2.73 bits per heavy atom. The van der Waals surface area contributed by atoms with Gasteiger partial charge in [0.25, 0.3) is 0 Å². The molecule has 0 saturated carbocycles. The van der Waals surface area contributed by atoms with E-state index in [1.807, 2.05) is 44.3 Å². The highest BCUT2D eigenvalue weighted by Crippen LogP contribution is 2.25. The van der Waals surface area contributed by atoms with Gasteiger partial charge in [-0.25, -0.2) is 4.39 Å². The van der Waals surface area contributed by atoms with Gasteiger partial charge in [0.05, 0.1) is 5.92 Å². The van der Waals surface area contributed by atoms with Gasteiger partial charge in [0, 0.05) is 45.2 Å². The van der Waals surface area contributed by atoms with Crippen molar-refractivity contribution in [1.29, 1.82) is 0 Å². The van der Waals surface area contributed by atoms with Crippen molar-refractivity contribution >= 4 is 11.8 Å². The quantitative estimate of drug-likeness (QED) is 0.645. The Hall–Kier alpha value is -2.77. The fourth-order valence-electron chi connectivity index (χ4n) is 4.75. The van der Waals surface area contributed by atoms with Crippen molar-refractivity contribution < 1.29 is 14.0 Å². The van der Waals surface area contributed by atoms with E-state index < -0.39 is 0 Å². The molecule has 0 aromatic heterocycles. The Morgan fingerprint density at radius 2 is 1.97 bits per heavy atom. The largest absolute Gasteiger partial charge is 0.345 e. The molecule has 2 saturated heterocycles. The second-order valence-electron chi connectivity index (χ2n) is 9.39. The molecule has 0 bridgehead atoms. The topological polar surface area (TPSA) is 64.7 Å². The fourth-order valence-corrected chi connectivity index (χ4v) is 4.75. The summed E-state index contributed by atoms with van der Waals surface area (Å²) in [6.45, 7) is 3.74. The summed E-state index contributed by atoms with van der Waals surface area (Å²) in [5.74, 6) is -0.394. The first-order chi connectivity index (χ1) is 15.9. The lowest BCUT2D eigenvalue weighted by Crippen LogP contribution is -2.36. The van der Waals surface area contributed by atoms with Crippen molar-refractivity contribution in [3.63, 3.8) is 0 Å². The van der Waals surface area contributed by atoms with Gasteiger partial charge in [0.1, 0.15) is 5.82 Å². The summed E-state index contributed by atoms with van der Waals surface area (Å²) in [5.41, 5.74) is 9.76. The molecule has 176 valence electrons. The number of carbonyl (C=O) groups excluding carboxylic acids is 2. The van der Waals surface area contributed by atoms with Gasteiger partial charge < -0.3 is 9.80 Å². The zero-order valence-electron chi connectivity index (χ0n) is 19.4. The maximum atomic E-state index is 13.5. The van der Waals surface area contributed by atoms with Crippen LogP contribution in [0.25, 0.3) is 0 Å². The van der Waals surface area contributed by atoms with E-state index in [0.717, 1.165) is 30.4 Å². The third-order valence-corrected chi connectivity index (χ3v) is 6.71. The summed E-state index contributed by atoms with van der Waals surface area (Å²) >= 11 is 0. The fraction of sp³-hybridized carbons (Fsp3) is 0.462. The van der Waals surface area contributed by atoms with Gasteiger partial charge >= 0.3 is 0 Å². The first-order valence-electron chi connectivity index (χ1n) is 11.7. The number of hydrazine groups is 1. The molecule has 2 N–H and O–H groups in total. The highest BCUT2D eigenvalue weighted by Gasteiger charge is 2.35. The van der Waals surface area contributed by atoms with Crippen molar-refractivity contribution in [2.24, 2.45) is 5.92 Å². The molecular weight excluding hydrogens is 419 g/mol. The van der Waals surface area contributed by atoms with Crippen LogP contribution in [-0.4, -0.2) is 47.8 Å². The third kappa shape index (κ3) is 5.97. The van der Waals surface area contributed by atoms with Crippen molar-refractivity contribution in [2.45, 2.75) is 51.2 Å². The van der Waals surface area contributed by atoms with Crippen LogP contribution in [-0.2, 0) is 16.1 Å². The van der Waals surface area contributed by atoms with Crippen LogP contribution in [0.2, 0.25) is 0 Å². The molecule has 0 radical (unpaired) electrons. The number of hydrogen-bond donors (Lipinski definition) is 2. The molecule has 33 heavy (non-hydrogen) atoms. The van der Waals surface area contributed by atoms with E-state index in [0.29, 0.717) is 26.1 Å². The summed E-state index contributed by atoms with van der Waals surface area (Å²) in [7, 11) is 1.82. The molecule has 2 amide bonds. The van der Waals surface area contributed by atoms with Gasteiger partial charge in [-0.1, -0.05) is 42.0 Å². The monoisotopic (exact) mass is 452 g/mol. The van der Waals surface area contributed by atoms with Crippen LogP contribution in [0.3, 0.4) is 0 Å². The van der Waals surface area contributed by atoms with Gasteiger partial charge in [0.2, 0.25) is 11.8 Å². The van der Waals surface area contributed by atoms with Gasteiger partial charge in [-0.15, -0.1) is 0 Å². The van der Waals surface area contributed by atoms with E-state index >= 15 is 0 Å². The smallest absolute Gasteiger partial charge is 0.227 e. The molecule has 3 atom stereocenters. The van der Waals surface area contributed by atoms with Crippen molar-refractivity contribution in [1.82, 2.24) is 20.7 Å². The van der Waals surface area contributed by atoms with E-state index in [9.17, 15) is 14.0 Å². The molecule has 2 aliphatic rings. The van der Waals surface area contributed by atoms with Crippen LogP contribution < -0.4 is 10.9 Å². The Morgan fingerprint density at radius 1 is 1.18 bits per heavy atom. The molecule has 2 aromatic carbocycles. The predicted octanol–water partition coefficient (Wildman–Crippen LogP) is 3.33. The maximum Gasteiger partial charge on any atom is 0.227 e. The lowest BCUT2D eigenvalue weighted by Gasteiger charge is -2.22. The number of likely N-dealkylation sites (tertiary alicyclic amines) is 1. The first-order valence-corrected chi connectivity index (χ1v) is 11.7. The summed E-state index contributed by atoms with van der Waals surface area (Å²) in [6, 6.07) is 15.2. The molecule has 0 spiro atoms. The van der Waals surface area contributed by atoms with Crippen LogP contribution in [0.5, 0.6) is 0 Å². The van der Waals surface area contributed by atoms with Gasteiger partial charge in [0.15, 0.2) is 0 Å². The van der Waals surface area contributed by atoms with Crippen LogP contribution >= 0.6 is 0 Å². The third-order valence-electron chi connectivity index (χ3n) is 6.71. The van der Waals surface area contributed by atoms with E-state index in [1.54, 1.807) is 21.9 Å². The van der Waals surface area contributed by atoms with Crippen molar-refractivity contribution in [2.75, 3.05) is 20.1 Å². The summed E-state index contributed by atoms with van der Waals surface area (Å²) in [4.78, 5) is 28.9. The number of benzene rings is 2. The molecule has 3 unspecified atom stereocenters. The van der Waals surface area contributed by atoms with Crippen LogP contribution in [0.1, 0.15) is 48.4 Å². The van der Waals surface area contributed by atoms with E-state index in [1.165, 1.54) is 11.6 Å². The lowest BCUT2D eigenvalue weighted by atomic mass is 9.99. The minimum absolute atomic E-state index is 0.0462. The van der Waals surface area contributed by atoms with E-state index in [-0.39, 0.29) is 35.6 Å². The molecule has 7 heteroatoms. The van der Waals surface area contributed by atoms with Crippen molar-refractivity contribution in [3.05, 3.63) is 71.0 Å². The summed E-state index contributed by atoms with van der Waals surface area (Å²) in [5, 5.41) is 0. The minimum Gasteiger partial charge on any atom is -0.345 e. The number of halogens is 1. The number of nitrogens with one attached hydrogen (secondary N) is 2. The van der Waals surface area contributed by atoms with Gasteiger partial charge in [-0.05, 0) is 49.4 Å². The molecule has 0 aliphatic carbocycles. The zero-order chi connectivity index (χ0) is 23.4. The SMILES string of the molecule is Cc1ccc(CN2CC(C(=O)N(C)CCCC3CC(c4cccc(F)c4)NN3)CC2=O)cc1. The zero-order valence-corrected chi connectivity index (χ0v) is 19.4. The number of carbonyl (C=O) groups is 2. The average Bonchev–Trinajstić information content (AvgIpc) is 3.42. The lowest BCUT2D eigenvalue weighted by molar-refractivity contribution is -0.134. The normalized spacial score (nSPS) is 22.7. The molecule has 2 aliphatic heterocycles. The molecule has 2 aromatic rings. The molecule has 2 fully saturated rings. The van der Waals surface area contributed by atoms with E-state index in [2.05, 4.69) is 10.9 Å². The van der Waals surface area contributed by atoms with E-state index in [4.69, 9.17) is 0 Å². The highest BCUT2D eigenvalue weighted by molar-refractivity contribution is 5.89. The average molecular weight is 453 g/mol. The highest BCUT2D eigenvalue weighted by atomic mass is 19.1. The number of aryl methyl sites for hydroxylation is 1. The number of hydrogen-bond acceptors (Lipinski definition) is 4. The molecular formula is C26H33FN4O2. The summed E-state index contributed by atoms with van der Waals surface area (Å²) < 4.78 is 13.5. The number of amides is 2. The molecule has 6 nitrogen and oxygen atoms in total.